The average molecular weight is 402 g/mol. The van der Waals surface area contributed by atoms with Gasteiger partial charge in [0.25, 0.3) is 0 Å². The lowest BCUT2D eigenvalue weighted by Gasteiger charge is -2.30. The summed E-state index contributed by atoms with van der Waals surface area (Å²) >= 11 is 0. The Labute approximate surface area is 167 Å². The van der Waals surface area contributed by atoms with E-state index in [-0.39, 0.29) is 18.1 Å². The zero-order valence-electron chi connectivity index (χ0n) is 16.5. The number of hydrogen-bond donors (Lipinski definition) is 1. The van der Waals surface area contributed by atoms with E-state index in [1.54, 1.807) is 19.0 Å². The van der Waals surface area contributed by atoms with Crippen molar-refractivity contribution in [3.8, 4) is 11.1 Å². The van der Waals surface area contributed by atoms with E-state index in [1.807, 2.05) is 30.3 Å². The third-order valence-electron chi connectivity index (χ3n) is 5.02. The smallest absolute Gasteiger partial charge is 0.319 e. The van der Waals surface area contributed by atoms with Crippen LogP contribution in [-0.4, -0.2) is 63.2 Å². The van der Waals surface area contributed by atoms with Crippen LogP contribution in [0.4, 0.5) is 4.79 Å². The van der Waals surface area contributed by atoms with E-state index >= 15 is 0 Å². The molecule has 1 aliphatic rings. The van der Waals surface area contributed by atoms with Gasteiger partial charge in [-0.25, -0.2) is 17.9 Å². The SMILES string of the molecule is CN(C)C(=O)N1CC[C@H](NS(C)(=O)=O)[C@@H]1Cc1cccc(-c2ccccc2)c1. The monoisotopic (exact) mass is 401 g/mol. The third kappa shape index (κ3) is 4.91. The molecule has 0 bridgehead atoms. The molecule has 1 saturated heterocycles. The molecule has 0 spiro atoms. The number of likely N-dealkylation sites (tertiary alicyclic amines) is 1. The number of carbonyl (C=O) groups excluding carboxylic acids is 1. The number of nitrogens with zero attached hydrogens (tertiary/aromatic N) is 2. The number of nitrogens with one attached hydrogen (secondary N) is 1. The molecule has 1 fully saturated rings. The second-order valence-electron chi connectivity index (χ2n) is 7.49. The highest BCUT2D eigenvalue weighted by atomic mass is 32.2. The molecule has 3 rings (SSSR count). The van der Waals surface area contributed by atoms with E-state index in [4.69, 9.17) is 0 Å². The molecule has 28 heavy (non-hydrogen) atoms. The summed E-state index contributed by atoms with van der Waals surface area (Å²) in [5, 5.41) is 0. The highest BCUT2D eigenvalue weighted by Crippen LogP contribution is 2.26. The van der Waals surface area contributed by atoms with Crippen molar-refractivity contribution >= 4 is 16.1 Å². The maximum Gasteiger partial charge on any atom is 0.319 e. The fraction of sp³-hybridized carbons (Fsp3) is 0.381. The second-order valence-corrected chi connectivity index (χ2v) is 9.27. The van der Waals surface area contributed by atoms with Gasteiger partial charge in [0.15, 0.2) is 0 Å². The molecular weight excluding hydrogens is 374 g/mol. The van der Waals surface area contributed by atoms with Gasteiger partial charge in [0.1, 0.15) is 0 Å². The standard InChI is InChI=1S/C21H27N3O3S/c1-23(2)21(25)24-13-12-19(22-28(3,26)27)20(24)15-16-8-7-11-18(14-16)17-9-5-4-6-10-17/h4-11,14,19-20,22H,12-13,15H2,1-3H3/t19-,20-/m0/s1. The lowest BCUT2D eigenvalue weighted by Crippen LogP contribution is -2.50. The largest absolute Gasteiger partial charge is 0.331 e. The number of carbonyl (C=O) groups is 1. The molecule has 0 aliphatic carbocycles. The van der Waals surface area contributed by atoms with Gasteiger partial charge in [-0.2, -0.15) is 0 Å². The van der Waals surface area contributed by atoms with Crippen LogP contribution in [0.3, 0.4) is 0 Å². The fourth-order valence-corrected chi connectivity index (χ4v) is 4.59. The van der Waals surface area contributed by atoms with Crippen LogP contribution in [-0.2, 0) is 16.4 Å². The van der Waals surface area contributed by atoms with Crippen LogP contribution in [0.2, 0.25) is 0 Å². The van der Waals surface area contributed by atoms with Crippen LogP contribution in [0, 0.1) is 0 Å². The van der Waals surface area contributed by atoms with Crippen LogP contribution in [0.25, 0.3) is 11.1 Å². The van der Waals surface area contributed by atoms with Crippen LogP contribution in [0.15, 0.2) is 54.6 Å². The van der Waals surface area contributed by atoms with Gasteiger partial charge in [0.05, 0.1) is 12.3 Å². The summed E-state index contributed by atoms with van der Waals surface area (Å²) in [6.07, 6.45) is 2.36. The molecule has 0 radical (unpaired) electrons. The van der Waals surface area contributed by atoms with Gasteiger partial charge >= 0.3 is 6.03 Å². The van der Waals surface area contributed by atoms with Gasteiger partial charge < -0.3 is 9.80 Å². The molecule has 0 saturated carbocycles. The van der Waals surface area contributed by atoms with Crippen LogP contribution in [0.5, 0.6) is 0 Å². The average Bonchev–Trinajstić information content (AvgIpc) is 3.02. The maximum absolute atomic E-state index is 12.6. The Morgan fingerprint density at radius 2 is 1.79 bits per heavy atom. The van der Waals surface area contributed by atoms with Gasteiger partial charge in [-0.1, -0.05) is 54.6 Å². The number of amides is 2. The van der Waals surface area contributed by atoms with Gasteiger partial charge in [0, 0.05) is 26.7 Å². The molecule has 6 nitrogen and oxygen atoms in total. The highest BCUT2D eigenvalue weighted by molar-refractivity contribution is 7.88. The predicted molar refractivity (Wildman–Crippen MR) is 112 cm³/mol. The molecule has 1 aliphatic heterocycles. The quantitative estimate of drug-likeness (QED) is 0.837. The number of sulfonamides is 1. The number of hydrogen-bond acceptors (Lipinski definition) is 3. The predicted octanol–water partition coefficient (Wildman–Crippen LogP) is 2.57. The Morgan fingerprint density at radius 1 is 1.11 bits per heavy atom. The minimum atomic E-state index is -3.35. The third-order valence-corrected chi connectivity index (χ3v) is 5.75. The van der Waals surface area contributed by atoms with Crippen molar-refractivity contribution < 1.29 is 13.2 Å². The minimum absolute atomic E-state index is 0.0954. The first kappa shape index (κ1) is 20.4. The van der Waals surface area contributed by atoms with Crippen molar-refractivity contribution in [2.75, 3.05) is 26.9 Å². The number of rotatable bonds is 5. The molecule has 2 amide bonds. The lowest BCUT2D eigenvalue weighted by atomic mass is 9.97. The fourth-order valence-electron chi connectivity index (χ4n) is 3.76. The molecule has 150 valence electrons. The summed E-state index contributed by atoms with van der Waals surface area (Å²) in [5.41, 5.74) is 3.31. The molecule has 1 heterocycles. The molecule has 0 unspecified atom stereocenters. The number of benzene rings is 2. The first-order valence-corrected chi connectivity index (χ1v) is 11.2. The Bertz CT molecular complexity index is 929. The molecule has 2 aromatic carbocycles. The van der Waals surface area contributed by atoms with Gasteiger partial charge in [-0.3, -0.25) is 0 Å². The van der Waals surface area contributed by atoms with Crippen molar-refractivity contribution in [2.45, 2.75) is 24.9 Å². The summed E-state index contributed by atoms with van der Waals surface area (Å²) < 4.78 is 26.3. The molecule has 0 aromatic heterocycles. The van der Waals surface area contributed by atoms with Crippen molar-refractivity contribution in [3.63, 3.8) is 0 Å². The van der Waals surface area contributed by atoms with Crippen molar-refractivity contribution in [1.82, 2.24) is 14.5 Å². The normalized spacial score (nSPS) is 19.6. The second kappa shape index (κ2) is 8.32. The van der Waals surface area contributed by atoms with E-state index in [0.717, 1.165) is 22.9 Å². The van der Waals surface area contributed by atoms with Gasteiger partial charge in [-0.15, -0.1) is 0 Å². The van der Waals surface area contributed by atoms with Crippen LogP contribution >= 0.6 is 0 Å². The van der Waals surface area contributed by atoms with Gasteiger partial charge in [0.2, 0.25) is 10.0 Å². The van der Waals surface area contributed by atoms with E-state index in [2.05, 4.69) is 29.0 Å². The first-order valence-electron chi connectivity index (χ1n) is 9.34. The maximum atomic E-state index is 12.6. The van der Waals surface area contributed by atoms with Gasteiger partial charge in [-0.05, 0) is 29.5 Å². The van der Waals surface area contributed by atoms with Crippen LogP contribution in [0.1, 0.15) is 12.0 Å². The highest BCUT2D eigenvalue weighted by Gasteiger charge is 2.39. The zero-order valence-corrected chi connectivity index (χ0v) is 17.3. The summed E-state index contributed by atoms with van der Waals surface area (Å²) in [6, 6.07) is 17.7. The van der Waals surface area contributed by atoms with E-state index in [0.29, 0.717) is 19.4 Å². The molecular formula is C21H27N3O3S. The molecule has 7 heteroatoms. The number of urea groups is 1. The Balaban J connectivity index is 1.88. The Hall–Kier alpha value is -2.38. The summed E-state index contributed by atoms with van der Waals surface area (Å²) in [6.45, 7) is 0.535. The van der Waals surface area contributed by atoms with Crippen molar-refractivity contribution in [3.05, 3.63) is 60.2 Å². The zero-order chi connectivity index (χ0) is 20.3. The van der Waals surface area contributed by atoms with Crippen LogP contribution < -0.4 is 4.72 Å². The van der Waals surface area contributed by atoms with Crippen molar-refractivity contribution in [1.29, 1.82) is 0 Å². The van der Waals surface area contributed by atoms with Crippen molar-refractivity contribution in [2.24, 2.45) is 0 Å². The summed E-state index contributed by atoms with van der Waals surface area (Å²) in [5.74, 6) is 0. The Morgan fingerprint density at radius 3 is 2.43 bits per heavy atom. The van der Waals surface area contributed by atoms with E-state index in [9.17, 15) is 13.2 Å². The van der Waals surface area contributed by atoms with E-state index < -0.39 is 10.0 Å². The molecule has 2 aromatic rings. The lowest BCUT2D eigenvalue weighted by molar-refractivity contribution is 0.163. The summed E-state index contributed by atoms with van der Waals surface area (Å²) in [4.78, 5) is 15.9. The Kier molecular flexibility index (Phi) is 6.05. The van der Waals surface area contributed by atoms with E-state index in [1.165, 1.54) is 4.90 Å². The molecule has 2 atom stereocenters. The first-order chi connectivity index (χ1) is 13.2. The summed E-state index contributed by atoms with van der Waals surface area (Å²) in [7, 11) is 0.0752. The minimum Gasteiger partial charge on any atom is -0.331 e. The molecule has 1 N–H and O–H groups in total. The topological polar surface area (TPSA) is 69.7 Å².